The van der Waals surface area contributed by atoms with Crippen LogP contribution in [0.15, 0.2) is 4.99 Å². The van der Waals surface area contributed by atoms with Crippen LogP contribution in [0.25, 0.3) is 0 Å². The standard InChI is InChI=1S/C14H27N3O/c15-14(17-12-8-4-5-9-12)16-10-13(18)11-6-2-1-3-7-11/h11-13,18H,1-10H2,(H3,15,16,17). The van der Waals surface area contributed by atoms with Gasteiger partial charge in [-0.25, -0.2) is 0 Å². The molecule has 2 aliphatic rings. The molecular weight excluding hydrogens is 226 g/mol. The maximum atomic E-state index is 10.1. The Balaban J connectivity index is 1.70. The molecule has 18 heavy (non-hydrogen) atoms. The van der Waals surface area contributed by atoms with Crippen molar-refractivity contribution in [2.75, 3.05) is 6.54 Å². The molecule has 0 spiro atoms. The van der Waals surface area contributed by atoms with E-state index in [1.54, 1.807) is 0 Å². The van der Waals surface area contributed by atoms with Gasteiger partial charge < -0.3 is 16.2 Å². The molecule has 0 bridgehead atoms. The van der Waals surface area contributed by atoms with E-state index < -0.39 is 0 Å². The molecule has 0 radical (unpaired) electrons. The number of nitrogens with two attached hydrogens (primary N) is 1. The molecule has 0 amide bonds. The summed E-state index contributed by atoms with van der Waals surface area (Å²) in [5.74, 6) is 0.943. The van der Waals surface area contributed by atoms with E-state index in [1.807, 2.05) is 0 Å². The van der Waals surface area contributed by atoms with Crippen LogP contribution < -0.4 is 11.1 Å². The molecule has 4 N–H and O–H groups in total. The summed E-state index contributed by atoms with van der Waals surface area (Å²) in [5.41, 5.74) is 5.86. The number of hydrogen-bond donors (Lipinski definition) is 3. The van der Waals surface area contributed by atoms with Gasteiger partial charge in [0.1, 0.15) is 0 Å². The smallest absolute Gasteiger partial charge is 0.188 e. The molecule has 0 heterocycles. The van der Waals surface area contributed by atoms with E-state index >= 15 is 0 Å². The van der Waals surface area contributed by atoms with E-state index in [0.717, 1.165) is 12.8 Å². The lowest BCUT2D eigenvalue weighted by Gasteiger charge is -2.25. The molecule has 1 unspecified atom stereocenters. The minimum atomic E-state index is -0.311. The maximum absolute atomic E-state index is 10.1. The number of guanidine groups is 1. The van der Waals surface area contributed by atoms with E-state index in [4.69, 9.17) is 5.73 Å². The fourth-order valence-corrected chi connectivity index (χ4v) is 3.18. The summed E-state index contributed by atoms with van der Waals surface area (Å²) in [6.07, 6.45) is 10.8. The van der Waals surface area contributed by atoms with Crippen molar-refractivity contribution in [2.24, 2.45) is 16.6 Å². The van der Waals surface area contributed by atoms with Crippen molar-refractivity contribution in [3.63, 3.8) is 0 Å². The highest BCUT2D eigenvalue weighted by Gasteiger charge is 2.21. The Hall–Kier alpha value is -0.770. The number of nitrogens with zero attached hydrogens (tertiary/aromatic N) is 1. The number of rotatable bonds is 4. The first-order valence-electron chi connectivity index (χ1n) is 7.50. The molecule has 4 heteroatoms. The van der Waals surface area contributed by atoms with Gasteiger partial charge in [0, 0.05) is 6.04 Å². The Bertz CT molecular complexity index is 268. The minimum absolute atomic E-state index is 0.311. The first-order valence-corrected chi connectivity index (χ1v) is 7.50. The van der Waals surface area contributed by atoms with Crippen LogP contribution in [-0.2, 0) is 0 Å². The van der Waals surface area contributed by atoms with Crippen LogP contribution in [-0.4, -0.2) is 29.8 Å². The summed E-state index contributed by atoms with van der Waals surface area (Å²) >= 11 is 0. The Morgan fingerprint density at radius 1 is 1.11 bits per heavy atom. The van der Waals surface area contributed by atoms with Crippen LogP contribution in [0.5, 0.6) is 0 Å². The fourth-order valence-electron chi connectivity index (χ4n) is 3.18. The van der Waals surface area contributed by atoms with Gasteiger partial charge in [-0.15, -0.1) is 0 Å². The highest BCUT2D eigenvalue weighted by molar-refractivity contribution is 5.78. The largest absolute Gasteiger partial charge is 0.391 e. The van der Waals surface area contributed by atoms with Crippen molar-refractivity contribution in [1.82, 2.24) is 5.32 Å². The van der Waals surface area contributed by atoms with Gasteiger partial charge in [-0.2, -0.15) is 0 Å². The molecule has 0 saturated heterocycles. The quantitative estimate of drug-likeness (QED) is 0.528. The van der Waals surface area contributed by atoms with Crippen LogP contribution in [0.2, 0.25) is 0 Å². The maximum Gasteiger partial charge on any atom is 0.188 e. The van der Waals surface area contributed by atoms with Crippen LogP contribution in [0.1, 0.15) is 57.8 Å². The molecule has 0 aromatic rings. The van der Waals surface area contributed by atoms with Gasteiger partial charge in [-0.1, -0.05) is 32.1 Å². The molecule has 104 valence electrons. The van der Waals surface area contributed by atoms with E-state index in [9.17, 15) is 5.11 Å². The molecule has 2 aliphatic carbocycles. The van der Waals surface area contributed by atoms with Crippen molar-refractivity contribution in [1.29, 1.82) is 0 Å². The van der Waals surface area contributed by atoms with Crippen LogP contribution >= 0.6 is 0 Å². The zero-order chi connectivity index (χ0) is 12.8. The van der Waals surface area contributed by atoms with Crippen molar-refractivity contribution in [3.8, 4) is 0 Å². The normalized spacial score (nSPS) is 25.3. The van der Waals surface area contributed by atoms with Gasteiger partial charge in [0.2, 0.25) is 0 Å². The molecule has 2 saturated carbocycles. The minimum Gasteiger partial charge on any atom is -0.391 e. The predicted molar refractivity (Wildman–Crippen MR) is 74.5 cm³/mol. The monoisotopic (exact) mass is 253 g/mol. The van der Waals surface area contributed by atoms with Gasteiger partial charge >= 0.3 is 0 Å². The van der Waals surface area contributed by atoms with Crippen molar-refractivity contribution < 1.29 is 5.11 Å². The number of hydrogen-bond acceptors (Lipinski definition) is 2. The van der Waals surface area contributed by atoms with Crippen LogP contribution in [0.3, 0.4) is 0 Å². The van der Waals surface area contributed by atoms with Gasteiger partial charge in [-0.3, -0.25) is 4.99 Å². The number of aliphatic imine (C=N–C) groups is 1. The zero-order valence-corrected chi connectivity index (χ0v) is 11.3. The summed E-state index contributed by atoms with van der Waals surface area (Å²) in [5, 5.41) is 13.3. The zero-order valence-electron chi connectivity index (χ0n) is 11.3. The predicted octanol–water partition coefficient (Wildman–Crippen LogP) is 1.77. The molecule has 4 nitrogen and oxygen atoms in total. The lowest BCUT2D eigenvalue weighted by Crippen LogP contribution is -2.39. The first-order chi connectivity index (χ1) is 8.75. The summed E-state index contributed by atoms with van der Waals surface area (Å²) in [6, 6.07) is 0.501. The Morgan fingerprint density at radius 2 is 1.72 bits per heavy atom. The van der Waals surface area contributed by atoms with E-state index in [2.05, 4.69) is 10.3 Å². The van der Waals surface area contributed by atoms with Crippen molar-refractivity contribution >= 4 is 5.96 Å². The van der Waals surface area contributed by atoms with Gasteiger partial charge in [0.25, 0.3) is 0 Å². The van der Waals surface area contributed by atoms with Crippen molar-refractivity contribution in [3.05, 3.63) is 0 Å². The Kier molecular flexibility index (Phi) is 5.29. The number of nitrogens with one attached hydrogen (secondary N) is 1. The van der Waals surface area contributed by atoms with Gasteiger partial charge in [0.05, 0.1) is 12.6 Å². The lowest BCUT2D eigenvalue weighted by atomic mass is 9.85. The van der Waals surface area contributed by atoms with Gasteiger partial charge in [-0.05, 0) is 31.6 Å². The van der Waals surface area contributed by atoms with E-state index in [-0.39, 0.29) is 6.10 Å². The summed E-state index contributed by atoms with van der Waals surface area (Å²) < 4.78 is 0. The van der Waals surface area contributed by atoms with E-state index in [0.29, 0.717) is 24.5 Å². The van der Waals surface area contributed by atoms with E-state index in [1.165, 1.54) is 44.9 Å². The number of aliphatic hydroxyl groups is 1. The second-order valence-electron chi connectivity index (χ2n) is 5.82. The van der Waals surface area contributed by atoms with Gasteiger partial charge in [0.15, 0.2) is 5.96 Å². The SMILES string of the molecule is NC(=NCC(O)C1CCCCC1)NC1CCCC1. The average molecular weight is 253 g/mol. The molecular formula is C14H27N3O. The second-order valence-corrected chi connectivity index (χ2v) is 5.82. The Morgan fingerprint density at radius 3 is 2.39 bits per heavy atom. The highest BCUT2D eigenvalue weighted by atomic mass is 16.3. The molecule has 0 aromatic carbocycles. The summed E-state index contributed by atoms with van der Waals surface area (Å²) in [7, 11) is 0. The number of aliphatic hydroxyl groups excluding tert-OH is 1. The summed E-state index contributed by atoms with van der Waals surface area (Å²) in [4.78, 5) is 4.30. The average Bonchev–Trinajstić information content (AvgIpc) is 2.90. The third-order valence-electron chi connectivity index (χ3n) is 4.35. The fraction of sp³-hybridized carbons (Fsp3) is 0.929. The highest BCUT2D eigenvalue weighted by Crippen LogP contribution is 2.26. The second kappa shape index (κ2) is 6.98. The molecule has 0 aromatic heterocycles. The lowest BCUT2D eigenvalue weighted by molar-refractivity contribution is 0.0924. The Labute approximate surface area is 110 Å². The third-order valence-corrected chi connectivity index (χ3v) is 4.35. The molecule has 0 aliphatic heterocycles. The summed E-state index contributed by atoms with van der Waals surface area (Å²) in [6.45, 7) is 0.455. The first kappa shape index (κ1) is 13.7. The van der Waals surface area contributed by atoms with Crippen LogP contribution in [0, 0.1) is 5.92 Å². The van der Waals surface area contributed by atoms with Crippen LogP contribution in [0.4, 0.5) is 0 Å². The molecule has 2 fully saturated rings. The topological polar surface area (TPSA) is 70.6 Å². The van der Waals surface area contributed by atoms with Crippen molar-refractivity contribution in [2.45, 2.75) is 69.9 Å². The third kappa shape index (κ3) is 4.16. The molecule has 2 rings (SSSR count). The molecule has 1 atom stereocenters.